The molecule has 0 amide bonds. The molecule has 1 saturated carbocycles. The van der Waals surface area contributed by atoms with E-state index in [1.807, 2.05) is 0 Å². The molecule has 4 rings (SSSR count). The molecule has 0 aromatic heterocycles. The first kappa shape index (κ1) is 11.5. The van der Waals surface area contributed by atoms with Crippen LogP contribution in [0.4, 0.5) is 4.39 Å². The van der Waals surface area contributed by atoms with Crippen LogP contribution in [0.5, 0.6) is 0 Å². The fraction of sp³-hybridized carbons (Fsp3) is 0.529. The Morgan fingerprint density at radius 1 is 1.11 bits per heavy atom. The molecule has 2 fully saturated rings. The van der Waals surface area contributed by atoms with Crippen LogP contribution in [0.2, 0.25) is 0 Å². The van der Waals surface area contributed by atoms with Crippen molar-refractivity contribution in [1.82, 2.24) is 4.90 Å². The van der Waals surface area contributed by atoms with E-state index in [1.165, 1.54) is 37.7 Å². The first-order chi connectivity index (χ1) is 9.33. The second kappa shape index (κ2) is 4.36. The third-order valence-corrected chi connectivity index (χ3v) is 5.20. The Hall–Kier alpha value is -1.31. The monoisotopic (exact) mass is 257 g/mol. The van der Waals surface area contributed by atoms with Gasteiger partial charge in [-0.1, -0.05) is 24.1 Å². The molecule has 4 aliphatic rings. The summed E-state index contributed by atoms with van der Waals surface area (Å²) in [6, 6.07) is 0. The maximum absolute atomic E-state index is 13.6. The van der Waals surface area contributed by atoms with E-state index < -0.39 is 0 Å². The van der Waals surface area contributed by atoms with Crippen LogP contribution in [0.25, 0.3) is 0 Å². The van der Waals surface area contributed by atoms with E-state index in [0.29, 0.717) is 5.92 Å². The zero-order chi connectivity index (χ0) is 12.8. The van der Waals surface area contributed by atoms with E-state index >= 15 is 0 Å². The van der Waals surface area contributed by atoms with Crippen LogP contribution < -0.4 is 0 Å². The van der Waals surface area contributed by atoms with Gasteiger partial charge >= 0.3 is 0 Å². The minimum atomic E-state index is -0.0637. The van der Waals surface area contributed by atoms with Crippen molar-refractivity contribution in [3.8, 4) is 0 Å². The summed E-state index contributed by atoms with van der Waals surface area (Å²) < 4.78 is 13.6. The second-order valence-corrected chi connectivity index (χ2v) is 6.18. The van der Waals surface area contributed by atoms with Crippen molar-refractivity contribution in [2.75, 3.05) is 13.1 Å². The van der Waals surface area contributed by atoms with E-state index in [9.17, 15) is 4.39 Å². The number of hydrogen-bond acceptors (Lipinski definition) is 1. The quantitative estimate of drug-likeness (QED) is 0.631. The van der Waals surface area contributed by atoms with Gasteiger partial charge in [0.1, 0.15) is 5.83 Å². The maximum Gasteiger partial charge on any atom is 0.123 e. The molecule has 0 spiro atoms. The molecule has 100 valence electrons. The third-order valence-electron chi connectivity index (χ3n) is 5.20. The molecule has 0 bridgehead atoms. The van der Waals surface area contributed by atoms with Gasteiger partial charge in [-0.15, -0.1) is 0 Å². The highest BCUT2D eigenvalue weighted by molar-refractivity contribution is 5.46. The molecule has 2 atom stereocenters. The number of fused-ring (bicyclic) bond motifs is 5. The summed E-state index contributed by atoms with van der Waals surface area (Å²) in [7, 11) is 0. The van der Waals surface area contributed by atoms with Crippen LogP contribution >= 0.6 is 0 Å². The summed E-state index contributed by atoms with van der Waals surface area (Å²) in [5.41, 5.74) is 4.20. The number of nitrogens with zero attached hydrogens (tertiary/aromatic N) is 1. The van der Waals surface area contributed by atoms with E-state index in [-0.39, 0.29) is 5.83 Å². The summed E-state index contributed by atoms with van der Waals surface area (Å²) in [6.45, 7) is 1.82. The molecule has 1 nitrogen and oxygen atoms in total. The molecule has 1 saturated heterocycles. The first-order valence-electron chi connectivity index (χ1n) is 7.56. The molecular weight excluding hydrogens is 237 g/mol. The largest absolute Gasteiger partial charge is 0.367 e. The SMILES string of the molecule is FC1=CCN2CCC3C(=CC=C4CCCCC43)C2=C1. The molecule has 0 N–H and O–H groups in total. The van der Waals surface area contributed by atoms with Gasteiger partial charge in [-0.25, -0.2) is 4.39 Å². The zero-order valence-electron chi connectivity index (χ0n) is 11.2. The highest BCUT2D eigenvalue weighted by atomic mass is 19.1. The predicted molar refractivity (Wildman–Crippen MR) is 75.1 cm³/mol. The Kier molecular flexibility index (Phi) is 2.64. The number of halogens is 1. The van der Waals surface area contributed by atoms with Crippen molar-refractivity contribution in [2.24, 2.45) is 11.8 Å². The van der Waals surface area contributed by atoms with Crippen LogP contribution in [-0.2, 0) is 0 Å². The van der Waals surface area contributed by atoms with Gasteiger partial charge in [0.05, 0.1) is 0 Å². The van der Waals surface area contributed by atoms with Gasteiger partial charge in [0.25, 0.3) is 0 Å². The van der Waals surface area contributed by atoms with Crippen molar-refractivity contribution >= 4 is 0 Å². The van der Waals surface area contributed by atoms with Gasteiger partial charge in [-0.3, -0.25) is 0 Å². The lowest BCUT2D eigenvalue weighted by molar-refractivity contribution is 0.243. The number of rotatable bonds is 0. The normalized spacial score (nSPS) is 33.2. The standard InChI is InChI=1S/C17H20FN/c18-13-7-9-19-10-8-15-14-4-2-1-3-12(14)5-6-16(15)17(19)11-13/h5-7,11,14-15H,1-4,8-10H2. The Bertz CT molecular complexity index is 523. The molecule has 0 aromatic rings. The van der Waals surface area contributed by atoms with Crippen LogP contribution in [0.1, 0.15) is 32.1 Å². The van der Waals surface area contributed by atoms with Crippen molar-refractivity contribution in [1.29, 1.82) is 0 Å². The van der Waals surface area contributed by atoms with Crippen molar-refractivity contribution in [3.63, 3.8) is 0 Å². The minimum Gasteiger partial charge on any atom is -0.367 e. The molecule has 2 aliphatic carbocycles. The predicted octanol–water partition coefficient (Wildman–Crippen LogP) is 4.12. The smallest absolute Gasteiger partial charge is 0.123 e. The zero-order valence-corrected chi connectivity index (χ0v) is 11.2. The number of allylic oxidation sites excluding steroid dienone is 6. The summed E-state index contributed by atoms with van der Waals surface area (Å²) in [6.07, 6.45) is 14.6. The highest BCUT2D eigenvalue weighted by Gasteiger charge is 2.37. The molecule has 0 radical (unpaired) electrons. The molecule has 2 heteroatoms. The first-order valence-corrected chi connectivity index (χ1v) is 7.56. The Morgan fingerprint density at radius 2 is 2.05 bits per heavy atom. The average Bonchev–Trinajstić information content (AvgIpc) is 2.46. The summed E-state index contributed by atoms with van der Waals surface area (Å²) in [5.74, 6) is 1.32. The summed E-state index contributed by atoms with van der Waals surface area (Å²) >= 11 is 0. The van der Waals surface area contributed by atoms with Gasteiger partial charge in [0.15, 0.2) is 0 Å². The number of hydrogen-bond donors (Lipinski definition) is 0. The van der Waals surface area contributed by atoms with Gasteiger partial charge in [0.2, 0.25) is 0 Å². The lowest BCUT2D eigenvalue weighted by atomic mass is 9.67. The fourth-order valence-corrected chi connectivity index (χ4v) is 4.25. The minimum absolute atomic E-state index is 0.0637. The molecule has 2 heterocycles. The molecule has 2 unspecified atom stereocenters. The van der Waals surface area contributed by atoms with Crippen LogP contribution in [0.15, 0.2) is 47.0 Å². The second-order valence-electron chi connectivity index (χ2n) is 6.18. The van der Waals surface area contributed by atoms with Gasteiger partial charge in [-0.2, -0.15) is 0 Å². The van der Waals surface area contributed by atoms with Crippen LogP contribution in [0, 0.1) is 11.8 Å². The summed E-state index contributed by atoms with van der Waals surface area (Å²) in [5, 5.41) is 0. The van der Waals surface area contributed by atoms with Crippen molar-refractivity contribution in [2.45, 2.75) is 32.1 Å². The lowest BCUT2D eigenvalue weighted by Gasteiger charge is -2.45. The molecule has 19 heavy (non-hydrogen) atoms. The van der Waals surface area contributed by atoms with Crippen molar-refractivity contribution in [3.05, 3.63) is 47.0 Å². The molecule has 2 aliphatic heterocycles. The Balaban J connectivity index is 1.74. The topological polar surface area (TPSA) is 3.24 Å². The fourth-order valence-electron chi connectivity index (χ4n) is 4.25. The Labute approximate surface area is 114 Å². The number of piperidine rings is 1. The molecular formula is C17H20FN. The van der Waals surface area contributed by atoms with E-state index in [2.05, 4.69) is 17.1 Å². The maximum atomic E-state index is 13.6. The molecule has 0 aromatic carbocycles. The lowest BCUT2D eigenvalue weighted by Crippen LogP contribution is -2.39. The van der Waals surface area contributed by atoms with Crippen LogP contribution in [0.3, 0.4) is 0 Å². The highest BCUT2D eigenvalue weighted by Crippen LogP contribution is 2.47. The van der Waals surface area contributed by atoms with E-state index in [1.54, 1.807) is 17.7 Å². The van der Waals surface area contributed by atoms with E-state index in [4.69, 9.17) is 0 Å². The van der Waals surface area contributed by atoms with Gasteiger partial charge < -0.3 is 4.90 Å². The third kappa shape index (κ3) is 1.80. The average molecular weight is 257 g/mol. The van der Waals surface area contributed by atoms with Crippen LogP contribution in [-0.4, -0.2) is 18.0 Å². The Morgan fingerprint density at radius 3 is 3.00 bits per heavy atom. The van der Waals surface area contributed by atoms with E-state index in [0.717, 1.165) is 24.7 Å². The van der Waals surface area contributed by atoms with Gasteiger partial charge in [-0.05, 0) is 55.2 Å². The summed E-state index contributed by atoms with van der Waals surface area (Å²) in [4.78, 5) is 2.33. The van der Waals surface area contributed by atoms with Gasteiger partial charge in [0, 0.05) is 18.8 Å². The van der Waals surface area contributed by atoms with Crippen molar-refractivity contribution < 1.29 is 4.39 Å².